The van der Waals surface area contributed by atoms with Crippen molar-refractivity contribution in [2.45, 2.75) is 71.1 Å². The van der Waals surface area contributed by atoms with E-state index in [-0.39, 0.29) is 74.5 Å². The molecule has 0 aromatic carbocycles. The minimum atomic E-state index is -1.34. The third-order valence-electron chi connectivity index (χ3n) is 4.83. The maximum absolute atomic E-state index is 11.9. The van der Waals surface area contributed by atoms with Gasteiger partial charge in [-0.25, -0.2) is 0 Å². The molecule has 0 bridgehead atoms. The maximum atomic E-state index is 11.9. The van der Waals surface area contributed by atoms with Gasteiger partial charge >= 0.3 is 0 Å². The number of Topliss-reactive ketones (excluding diaryl/α,β-unsaturated/α-hetero) is 1. The fourth-order valence-corrected chi connectivity index (χ4v) is 3.47. The molecule has 25 heavy (non-hydrogen) atoms. The van der Waals surface area contributed by atoms with E-state index in [0.717, 1.165) is 0 Å². The molecule has 0 aromatic rings. The van der Waals surface area contributed by atoms with Crippen LogP contribution in [0.2, 0.25) is 0 Å². The predicted molar refractivity (Wildman–Crippen MR) is 94.7 cm³/mol. The number of hydrogen-bond acceptors (Lipinski definition) is 5. The normalized spacial score (nSPS) is 29.2. The van der Waals surface area contributed by atoms with Gasteiger partial charge in [0, 0.05) is 56.7 Å². The van der Waals surface area contributed by atoms with Crippen LogP contribution in [0.3, 0.4) is 0 Å². The second-order valence-electron chi connectivity index (χ2n) is 6.88. The van der Waals surface area contributed by atoms with E-state index >= 15 is 0 Å². The van der Waals surface area contributed by atoms with Crippen LogP contribution in [0.4, 0.5) is 0 Å². The zero-order valence-electron chi connectivity index (χ0n) is 16.4. The third kappa shape index (κ3) is 6.95. The Hall–Kier alpha value is 0.652. The number of likely N-dealkylation sites (N-methyl/N-ethyl adjacent to an activating group) is 1. The Bertz CT molecular complexity index is 445. The maximum Gasteiger partial charge on any atom is 0.154 e. The average Bonchev–Trinajstić information content (AvgIpc) is 2.82. The number of aliphatic hydroxyl groups is 1. The first-order valence-corrected chi connectivity index (χ1v) is 8.67. The molecule has 1 heterocycles. The molecule has 2 N–H and O–H groups in total. The van der Waals surface area contributed by atoms with Crippen molar-refractivity contribution in [3.05, 3.63) is 17.9 Å². The molecule has 6 nitrogen and oxygen atoms in total. The number of rotatable bonds is 9. The minimum absolute atomic E-state index is 0. The van der Waals surface area contributed by atoms with Crippen molar-refractivity contribution in [3.8, 4) is 0 Å². The summed E-state index contributed by atoms with van der Waals surface area (Å²) >= 11 is 0. The van der Waals surface area contributed by atoms with E-state index in [4.69, 9.17) is 15.2 Å². The van der Waals surface area contributed by atoms with Crippen LogP contribution in [-0.2, 0) is 14.3 Å². The van der Waals surface area contributed by atoms with E-state index in [0.29, 0.717) is 13.0 Å². The molecule has 6 atom stereocenters. The summed E-state index contributed by atoms with van der Waals surface area (Å²) in [6, 6.07) is -1.25. The van der Waals surface area contributed by atoms with Gasteiger partial charge in [-0.15, -0.1) is 0 Å². The van der Waals surface area contributed by atoms with Crippen LogP contribution >= 0.6 is 0 Å². The van der Waals surface area contributed by atoms with E-state index < -0.39 is 17.9 Å². The molecular weight excluding hydrogens is 535 g/mol. The molecule has 143 valence electrons. The summed E-state index contributed by atoms with van der Waals surface area (Å²) in [5, 5.41) is 10.8. The summed E-state index contributed by atoms with van der Waals surface area (Å²) in [5.41, 5.74) is 7.29. The summed E-state index contributed by atoms with van der Waals surface area (Å²) in [5.74, 6) is 0.162. The number of ketones is 1. The van der Waals surface area contributed by atoms with Crippen molar-refractivity contribution >= 4 is 5.78 Å². The van der Waals surface area contributed by atoms with Gasteiger partial charge in [0.1, 0.15) is 5.78 Å². The van der Waals surface area contributed by atoms with Crippen molar-refractivity contribution < 1.29 is 63.4 Å². The summed E-state index contributed by atoms with van der Waals surface area (Å²) in [6.45, 7) is 9.33. The number of carbonyl (C=O) groups is 1. The molecular formula is C18H33AcN2O4-. The summed E-state index contributed by atoms with van der Waals surface area (Å²) < 4.78 is 10.8. The van der Waals surface area contributed by atoms with E-state index in [9.17, 15) is 9.90 Å². The van der Waals surface area contributed by atoms with Gasteiger partial charge < -0.3 is 20.3 Å². The molecule has 0 amide bonds. The summed E-state index contributed by atoms with van der Waals surface area (Å²) in [7, 11) is 1.86. The monoisotopic (exact) mass is 568 g/mol. The van der Waals surface area contributed by atoms with Gasteiger partial charge in [0.2, 0.25) is 0 Å². The van der Waals surface area contributed by atoms with Gasteiger partial charge in [0.05, 0.1) is 18.2 Å². The Labute approximate surface area is 188 Å². The van der Waals surface area contributed by atoms with Crippen LogP contribution in [0.25, 0.3) is 5.73 Å². The molecule has 1 fully saturated rings. The number of hydrogen-bond donors (Lipinski definition) is 1. The van der Waals surface area contributed by atoms with Gasteiger partial charge in [-0.1, -0.05) is 18.2 Å². The quantitative estimate of drug-likeness (QED) is 0.342. The van der Waals surface area contributed by atoms with Crippen LogP contribution in [0, 0.1) is 50.0 Å². The van der Waals surface area contributed by atoms with Crippen LogP contribution < -0.4 is 0 Å². The second-order valence-corrected chi connectivity index (χ2v) is 6.88. The number of nitrogens with zero attached hydrogens (tertiary/aromatic N) is 1. The Balaban J connectivity index is 0.00000576. The summed E-state index contributed by atoms with van der Waals surface area (Å²) in [6.07, 6.45) is 4.24. The Morgan fingerprint density at radius 2 is 2.08 bits per heavy atom. The Morgan fingerprint density at radius 3 is 2.56 bits per heavy atom. The number of ether oxygens (including phenoxy) is 2. The number of likely N-dealkylation sites (tertiary alicyclic amines) is 1. The molecule has 1 aliphatic rings. The van der Waals surface area contributed by atoms with Gasteiger partial charge in [-0.05, 0) is 54.0 Å². The molecule has 0 aliphatic carbocycles. The number of carbonyl (C=O) groups excluding carboxylic acids is 1. The van der Waals surface area contributed by atoms with Crippen LogP contribution in [-0.4, -0.2) is 66.1 Å². The van der Waals surface area contributed by atoms with E-state index in [2.05, 4.69) is 0 Å². The topological polar surface area (TPSA) is 82.8 Å². The van der Waals surface area contributed by atoms with Gasteiger partial charge in [0.15, 0.2) is 6.29 Å². The first-order valence-electron chi connectivity index (χ1n) is 8.67. The van der Waals surface area contributed by atoms with Gasteiger partial charge in [0.25, 0.3) is 0 Å². The van der Waals surface area contributed by atoms with Crippen molar-refractivity contribution in [2.75, 3.05) is 20.3 Å². The van der Waals surface area contributed by atoms with Crippen LogP contribution in [0.1, 0.15) is 41.0 Å². The molecule has 1 saturated heterocycles. The first-order chi connectivity index (χ1) is 11.2. The van der Waals surface area contributed by atoms with E-state index in [1.165, 1.54) is 0 Å². The van der Waals surface area contributed by atoms with Gasteiger partial charge in [-0.3, -0.25) is 9.69 Å². The fourth-order valence-electron chi connectivity index (χ4n) is 3.47. The molecule has 1 aliphatic heterocycles. The molecule has 7 heteroatoms. The van der Waals surface area contributed by atoms with Crippen molar-refractivity contribution in [2.24, 2.45) is 5.92 Å². The SMILES string of the molecule is C/C=C\[C@@H]1C[C@H](C(C)=O)N(C)C1C([NH-])C(C)(O)COC(C)OCC.[Ac]. The van der Waals surface area contributed by atoms with E-state index in [1.54, 1.807) is 20.8 Å². The molecule has 0 aromatic heterocycles. The molecule has 1 radical (unpaired) electrons. The zero-order valence-corrected chi connectivity index (χ0v) is 21.1. The summed E-state index contributed by atoms with van der Waals surface area (Å²) in [4.78, 5) is 13.8. The Morgan fingerprint density at radius 1 is 1.48 bits per heavy atom. The first kappa shape index (κ1) is 25.7. The van der Waals surface area contributed by atoms with Crippen LogP contribution in [0.5, 0.6) is 0 Å². The molecule has 1 rings (SSSR count). The average molecular weight is 568 g/mol. The Kier molecular flexibility index (Phi) is 11.8. The third-order valence-corrected chi connectivity index (χ3v) is 4.83. The number of nitrogens with one attached hydrogen (secondary N) is 1. The second kappa shape index (κ2) is 11.5. The smallest absolute Gasteiger partial charge is 0.154 e. The van der Waals surface area contributed by atoms with Gasteiger partial charge in [-0.2, -0.15) is 0 Å². The molecule has 0 saturated carbocycles. The fraction of sp³-hybridized carbons (Fsp3) is 0.833. The van der Waals surface area contributed by atoms with E-state index in [1.807, 2.05) is 37.9 Å². The van der Waals surface area contributed by atoms with Crippen molar-refractivity contribution in [3.63, 3.8) is 0 Å². The molecule has 4 unspecified atom stereocenters. The zero-order chi connectivity index (χ0) is 18.5. The van der Waals surface area contributed by atoms with Crippen molar-refractivity contribution in [1.82, 2.24) is 4.90 Å². The largest absolute Gasteiger partial charge is 0.671 e. The molecule has 0 spiro atoms. The van der Waals surface area contributed by atoms with Crippen molar-refractivity contribution in [1.29, 1.82) is 0 Å². The standard InChI is InChI=1S/C18H33N2O4.Ac/c1-7-9-14-10-15(12(3)21)20(6)16(14)17(19)18(5,22)11-24-13(4)23-8-2;/h7,9,13-17,19,22H,8,10-11H2,1-6H3;/q-1;/b9-7-;/t13?,14-,15-,16?,17?,18?;/m1./s1. The predicted octanol–water partition coefficient (Wildman–Crippen LogP) is 2.41. The van der Waals surface area contributed by atoms with Crippen LogP contribution in [0.15, 0.2) is 12.2 Å². The number of allylic oxidation sites excluding steroid dienone is 1. The minimum Gasteiger partial charge on any atom is -0.671 e.